The summed E-state index contributed by atoms with van der Waals surface area (Å²) in [5, 5.41) is 3.36. The number of carbonyl (C=O) groups excluding carboxylic acids is 1. The smallest absolute Gasteiger partial charge is 0.241 e. The number of ether oxygens (including phenoxy) is 1. The van der Waals surface area contributed by atoms with Crippen LogP contribution in [0.5, 0.6) is 0 Å². The van der Waals surface area contributed by atoms with Crippen molar-refractivity contribution in [3.63, 3.8) is 0 Å². The molecule has 2 fully saturated rings. The van der Waals surface area contributed by atoms with Crippen molar-refractivity contribution < 1.29 is 9.53 Å². The highest BCUT2D eigenvalue weighted by molar-refractivity contribution is 5.83. The number of piperazine rings is 1. The van der Waals surface area contributed by atoms with Gasteiger partial charge in [-0.3, -0.25) is 4.79 Å². The number of hydrogen-bond acceptors (Lipinski definition) is 4. The molecule has 0 bridgehead atoms. The lowest BCUT2D eigenvalue weighted by atomic mass is 10.0. The Bertz CT molecular complexity index is 486. The number of morpholine rings is 1. The molecular weight excluding hydrogens is 254 g/mol. The largest absolute Gasteiger partial charge is 0.371 e. The minimum atomic E-state index is 0.0784. The second-order valence-corrected chi connectivity index (χ2v) is 5.36. The lowest BCUT2D eigenvalue weighted by molar-refractivity contribution is -0.129. The Balaban J connectivity index is 1.84. The van der Waals surface area contributed by atoms with Crippen molar-refractivity contribution in [1.29, 1.82) is 0 Å². The van der Waals surface area contributed by atoms with Gasteiger partial charge in [-0.1, -0.05) is 18.2 Å². The molecule has 2 aliphatic heterocycles. The van der Waals surface area contributed by atoms with E-state index in [1.54, 1.807) is 4.90 Å². The number of likely N-dealkylation sites (N-methyl/N-ethyl adjacent to an activating group) is 1. The second-order valence-electron chi connectivity index (χ2n) is 5.36. The number of nitrogens with one attached hydrogen (secondary N) is 1. The number of carbonyl (C=O) groups is 1. The molecule has 1 aromatic carbocycles. The van der Waals surface area contributed by atoms with Gasteiger partial charge in [0.2, 0.25) is 5.91 Å². The van der Waals surface area contributed by atoms with Crippen LogP contribution in [0.25, 0.3) is 0 Å². The highest BCUT2D eigenvalue weighted by Crippen LogP contribution is 2.30. The molecule has 5 heteroatoms. The Morgan fingerprint density at radius 2 is 2.15 bits per heavy atom. The van der Waals surface area contributed by atoms with Crippen LogP contribution in [0.4, 0.5) is 5.69 Å². The van der Waals surface area contributed by atoms with E-state index in [0.29, 0.717) is 6.54 Å². The molecule has 0 aliphatic carbocycles. The molecule has 2 aliphatic rings. The molecule has 5 nitrogen and oxygen atoms in total. The minimum Gasteiger partial charge on any atom is -0.371 e. The molecule has 0 saturated carbocycles. The second kappa shape index (κ2) is 5.81. The molecule has 2 heterocycles. The van der Waals surface area contributed by atoms with Crippen LogP contribution in [-0.4, -0.2) is 57.2 Å². The van der Waals surface area contributed by atoms with Gasteiger partial charge in [-0.05, 0) is 6.07 Å². The minimum absolute atomic E-state index is 0.0784. The number of hydrogen-bond donors (Lipinski definition) is 1. The Morgan fingerprint density at radius 3 is 2.90 bits per heavy atom. The van der Waals surface area contributed by atoms with Crippen LogP contribution in [0.3, 0.4) is 0 Å². The first-order valence-electron chi connectivity index (χ1n) is 7.16. The molecule has 0 radical (unpaired) electrons. The van der Waals surface area contributed by atoms with Gasteiger partial charge < -0.3 is 19.9 Å². The zero-order chi connectivity index (χ0) is 13.9. The predicted octanol–water partition coefficient (Wildman–Crippen LogP) is 0.626. The summed E-state index contributed by atoms with van der Waals surface area (Å²) in [4.78, 5) is 15.9. The fourth-order valence-corrected chi connectivity index (χ4v) is 2.78. The van der Waals surface area contributed by atoms with Crippen LogP contribution in [0.2, 0.25) is 0 Å². The van der Waals surface area contributed by atoms with Gasteiger partial charge >= 0.3 is 0 Å². The Hall–Kier alpha value is -1.59. The highest BCUT2D eigenvalue weighted by Gasteiger charge is 2.25. The van der Waals surface area contributed by atoms with Gasteiger partial charge in [0.1, 0.15) is 0 Å². The molecular formula is C15H21N3O2. The predicted molar refractivity (Wildman–Crippen MR) is 77.9 cm³/mol. The molecule has 1 N–H and O–H groups in total. The van der Waals surface area contributed by atoms with Gasteiger partial charge in [-0.25, -0.2) is 0 Å². The van der Waals surface area contributed by atoms with Crippen LogP contribution >= 0.6 is 0 Å². The molecule has 0 spiro atoms. The zero-order valence-electron chi connectivity index (χ0n) is 11.8. The number of rotatable bonds is 2. The van der Waals surface area contributed by atoms with Crippen LogP contribution in [0, 0.1) is 0 Å². The van der Waals surface area contributed by atoms with Crippen molar-refractivity contribution >= 4 is 11.6 Å². The maximum atomic E-state index is 11.9. The monoisotopic (exact) mass is 275 g/mol. The van der Waals surface area contributed by atoms with Gasteiger partial charge in [0.05, 0.1) is 19.3 Å². The maximum absolute atomic E-state index is 11.9. The lowest BCUT2D eigenvalue weighted by Gasteiger charge is -2.36. The van der Waals surface area contributed by atoms with Gasteiger partial charge in [0, 0.05) is 44.5 Å². The first-order chi connectivity index (χ1) is 9.75. The summed E-state index contributed by atoms with van der Waals surface area (Å²) in [5.41, 5.74) is 2.31. The van der Waals surface area contributed by atoms with E-state index in [4.69, 9.17) is 4.74 Å². The van der Waals surface area contributed by atoms with Crippen LogP contribution in [0.1, 0.15) is 11.7 Å². The number of amides is 1. The van der Waals surface area contributed by atoms with E-state index < -0.39 is 0 Å². The van der Waals surface area contributed by atoms with E-state index in [1.807, 2.05) is 19.2 Å². The Labute approximate surface area is 119 Å². The number of para-hydroxylation sites is 1. The van der Waals surface area contributed by atoms with Crippen LogP contribution in [-0.2, 0) is 9.53 Å². The van der Waals surface area contributed by atoms with E-state index in [2.05, 4.69) is 22.3 Å². The molecule has 2 saturated heterocycles. The normalized spacial score (nSPS) is 24.1. The molecule has 1 amide bonds. The molecule has 1 unspecified atom stereocenters. The number of benzene rings is 1. The summed E-state index contributed by atoms with van der Waals surface area (Å²) >= 11 is 0. The number of anilines is 1. The summed E-state index contributed by atoms with van der Waals surface area (Å²) in [6.07, 6.45) is 0.0784. The van der Waals surface area contributed by atoms with E-state index in [-0.39, 0.29) is 12.0 Å². The summed E-state index contributed by atoms with van der Waals surface area (Å²) in [6, 6.07) is 8.26. The Morgan fingerprint density at radius 1 is 1.30 bits per heavy atom. The van der Waals surface area contributed by atoms with Crippen molar-refractivity contribution in [2.24, 2.45) is 0 Å². The first kappa shape index (κ1) is 13.4. The fourth-order valence-electron chi connectivity index (χ4n) is 2.78. The molecule has 3 rings (SSSR count). The fraction of sp³-hybridized carbons (Fsp3) is 0.533. The van der Waals surface area contributed by atoms with Gasteiger partial charge in [0.15, 0.2) is 0 Å². The first-order valence-corrected chi connectivity index (χ1v) is 7.16. The topological polar surface area (TPSA) is 44.8 Å². The Kier molecular flexibility index (Phi) is 3.89. The third kappa shape index (κ3) is 2.64. The van der Waals surface area contributed by atoms with Crippen LogP contribution in [0.15, 0.2) is 24.3 Å². The third-order valence-electron chi connectivity index (χ3n) is 4.01. The summed E-state index contributed by atoms with van der Waals surface area (Å²) < 4.78 is 5.86. The van der Waals surface area contributed by atoms with E-state index in [0.717, 1.165) is 38.5 Å². The van der Waals surface area contributed by atoms with Gasteiger partial charge in [0.25, 0.3) is 0 Å². The molecule has 108 valence electrons. The summed E-state index contributed by atoms with van der Waals surface area (Å²) in [6.45, 7) is 4.58. The van der Waals surface area contributed by atoms with Gasteiger partial charge in [-0.2, -0.15) is 0 Å². The average molecular weight is 275 g/mol. The third-order valence-corrected chi connectivity index (χ3v) is 4.01. The van der Waals surface area contributed by atoms with Gasteiger partial charge in [-0.15, -0.1) is 0 Å². The molecule has 0 aromatic heterocycles. The van der Waals surface area contributed by atoms with Crippen molar-refractivity contribution in [3.8, 4) is 0 Å². The zero-order valence-corrected chi connectivity index (χ0v) is 11.8. The van der Waals surface area contributed by atoms with Crippen molar-refractivity contribution in [2.75, 3.05) is 51.3 Å². The van der Waals surface area contributed by atoms with E-state index in [1.165, 1.54) is 5.56 Å². The van der Waals surface area contributed by atoms with Crippen LogP contribution < -0.4 is 10.2 Å². The molecule has 20 heavy (non-hydrogen) atoms. The molecule has 1 aromatic rings. The average Bonchev–Trinajstić information content (AvgIpc) is 2.51. The van der Waals surface area contributed by atoms with Crippen molar-refractivity contribution in [3.05, 3.63) is 29.8 Å². The number of nitrogens with zero attached hydrogens (tertiary/aromatic N) is 2. The highest BCUT2D eigenvalue weighted by atomic mass is 16.5. The lowest BCUT2D eigenvalue weighted by Crippen LogP contribution is -2.49. The van der Waals surface area contributed by atoms with Crippen molar-refractivity contribution in [2.45, 2.75) is 6.10 Å². The molecule has 1 atom stereocenters. The standard InChI is InChI=1S/C15H21N3O2/c1-17-7-8-18(11-15(17)19)13-5-3-2-4-12(13)14-10-16-6-9-20-14/h2-5,14,16H,6-11H2,1H3. The SMILES string of the molecule is CN1CCN(c2ccccc2C2CNCCO2)CC1=O. The summed E-state index contributed by atoms with van der Waals surface area (Å²) in [5.74, 6) is 0.175. The summed E-state index contributed by atoms with van der Waals surface area (Å²) in [7, 11) is 1.86. The van der Waals surface area contributed by atoms with Crippen molar-refractivity contribution in [1.82, 2.24) is 10.2 Å². The quantitative estimate of drug-likeness (QED) is 0.860. The van der Waals surface area contributed by atoms with E-state index in [9.17, 15) is 4.79 Å². The maximum Gasteiger partial charge on any atom is 0.241 e. The van der Waals surface area contributed by atoms with E-state index >= 15 is 0 Å².